The SMILES string of the molecule is c1csc(C(NC2CC2)C2CC2)n1. The van der Waals surface area contributed by atoms with Crippen molar-refractivity contribution in [1.82, 2.24) is 10.3 Å². The summed E-state index contributed by atoms with van der Waals surface area (Å²) in [6.07, 6.45) is 7.45. The standard InChI is InChI=1S/C10H14N2S/c1-2-7(1)9(12-8-3-4-8)10-11-5-6-13-10/h5-9,12H,1-4H2. The summed E-state index contributed by atoms with van der Waals surface area (Å²) < 4.78 is 0. The van der Waals surface area contributed by atoms with Gasteiger partial charge in [0.05, 0.1) is 6.04 Å². The van der Waals surface area contributed by atoms with Crippen molar-refractivity contribution in [3.63, 3.8) is 0 Å². The minimum Gasteiger partial charge on any atom is -0.305 e. The summed E-state index contributed by atoms with van der Waals surface area (Å²) in [5.74, 6) is 0.881. The Morgan fingerprint density at radius 1 is 1.38 bits per heavy atom. The van der Waals surface area contributed by atoms with Crippen molar-refractivity contribution < 1.29 is 0 Å². The average Bonchev–Trinajstić information content (AvgIpc) is 3.03. The van der Waals surface area contributed by atoms with Gasteiger partial charge in [0.1, 0.15) is 5.01 Å². The zero-order chi connectivity index (χ0) is 8.67. The molecule has 2 saturated carbocycles. The third kappa shape index (κ3) is 1.76. The minimum absolute atomic E-state index is 0.576. The van der Waals surface area contributed by atoms with Crippen LogP contribution in [0, 0.1) is 5.92 Å². The van der Waals surface area contributed by atoms with Crippen LogP contribution in [0.2, 0.25) is 0 Å². The van der Waals surface area contributed by atoms with E-state index in [2.05, 4.69) is 15.7 Å². The predicted molar refractivity (Wildman–Crippen MR) is 53.7 cm³/mol. The first-order valence-corrected chi connectivity index (χ1v) is 5.97. The van der Waals surface area contributed by atoms with Crippen LogP contribution in [0.3, 0.4) is 0 Å². The molecule has 0 amide bonds. The molecule has 1 heterocycles. The number of rotatable bonds is 4. The molecule has 2 fully saturated rings. The molecule has 2 nitrogen and oxygen atoms in total. The fourth-order valence-corrected chi connectivity index (χ4v) is 2.52. The molecule has 1 aromatic rings. The van der Waals surface area contributed by atoms with E-state index in [0.29, 0.717) is 6.04 Å². The smallest absolute Gasteiger partial charge is 0.110 e. The predicted octanol–water partition coefficient (Wildman–Crippen LogP) is 2.35. The molecule has 2 aliphatic carbocycles. The molecule has 0 aromatic carbocycles. The van der Waals surface area contributed by atoms with Gasteiger partial charge in [-0.3, -0.25) is 0 Å². The highest BCUT2D eigenvalue weighted by Gasteiger charge is 2.37. The van der Waals surface area contributed by atoms with Gasteiger partial charge >= 0.3 is 0 Å². The first-order valence-electron chi connectivity index (χ1n) is 5.09. The lowest BCUT2D eigenvalue weighted by Crippen LogP contribution is -2.24. The number of nitrogens with zero attached hydrogens (tertiary/aromatic N) is 1. The highest BCUT2D eigenvalue weighted by Crippen LogP contribution is 2.43. The first-order chi connectivity index (χ1) is 6.43. The van der Waals surface area contributed by atoms with Gasteiger partial charge in [0.25, 0.3) is 0 Å². The molecule has 2 aliphatic rings. The molecule has 13 heavy (non-hydrogen) atoms. The largest absolute Gasteiger partial charge is 0.305 e. The van der Waals surface area contributed by atoms with Gasteiger partial charge in [-0.25, -0.2) is 4.98 Å². The normalized spacial score (nSPS) is 24.6. The summed E-state index contributed by atoms with van der Waals surface area (Å²) in [4.78, 5) is 4.41. The maximum absolute atomic E-state index is 4.41. The fraction of sp³-hybridized carbons (Fsp3) is 0.700. The van der Waals surface area contributed by atoms with E-state index >= 15 is 0 Å². The second-order valence-corrected chi connectivity index (χ2v) is 5.05. The third-order valence-electron chi connectivity index (χ3n) is 2.80. The third-order valence-corrected chi connectivity index (χ3v) is 3.66. The van der Waals surface area contributed by atoms with Crippen LogP contribution in [0.4, 0.5) is 0 Å². The van der Waals surface area contributed by atoms with Gasteiger partial charge in [-0.1, -0.05) is 0 Å². The number of aromatic nitrogens is 1. The van der Waals surface area contributed by atoms with Crippen LogP contribution in [-0.2, 0) is 0 Å². The highest BCUT2D eigenvalue weighted by atomic mass is 32.1. The zero-order valence-corrected chi connectivity index (χ0v) is 8.39. The van der Waals surface area contributed by atoms with Gasteiger partial charge in [-0.05, 0) is 31.6 Å². The van der Waals surface area contributed by atoms with Crippen LogP contribution in [0.25, 0.3) is 0 Å². The Hall–Kier alpha value is -0.410. The second kappa shape index (κ2) is 3.07. The Balaban J connectivity index is 1.73. The minimum atomic E-state index is 0.576. The lowest BCUT2D eigenvalue weighted by molar-refractivity contribution is 0.476. The number of hydrogen-bond acceptors (Lipinski definition) is 3. The number of nitrogens with one attached hydrogen (secondary N) is 1. The van der Waals surface area contributed by atoms with Crippen LogP contribution < -0.4 is 5.32 Å². The second-order valence-electron chi connectivity index (χ2n) is 4.13. The quantitative estimate of drug-likeness (QED) is 0.796. The van der Waals surface area contributed by atoms with Crippen LogP contribution in [0.1, 0.15) is 36.7 Å². The maximum Gasteiger partial charge on any atom is 0.110 e. The molecule has 0 aliphatic heterocycles. The molecule has 0 spiro atoms. The van der Waals surface area contributed by atoms with Crippen molar-refractivity contribution >= 4 is 11.3 Å². The molecule has 0 saturated heterocycles. The van der Waals surface area contributed by atoms with E-state index in [9.17, 15) is 0 Å². The van der Waals surface area contributed by atoms with Gasteiger partial charge in [-0.2, -0.15) is 0 Å². The van der Waals surface area contributed by atoms with Crippen molar-refractivity contribution in [2.24, 2.45) is 5.92 Å². The molecule has 1 N–H and O–H groups in total. The van der Waals surface area contributed by atoms with E-state index in [1.807, 2.05) is 6.20 Å². The van der Waals surface area contributed by atoms with E-state index in [1.165, 1.54) is 30.7 Å². The molecule has 1 aromatic heterocycles. The van der Waals surface area contributed by atoms with Crippen molar-refractivity contribution in [3.8, 4) is 0 Å². The van der Waals surface area contributed by atoms with E-state index in [-0.39, 0.29) is 0 Å². The maximum atomic E-state index is 4.41. The summed E-state index contributed by atoms with van der Waals surface area (Å²) >= 11 is 1.80. The Morgan fingerprint density at radius 3 is 2.77 bits per heavy atom. The van der Waals surface area contributed by atoms with E-state index in [4.69, 9.17) is 0 Å². The van der Waals surface area contributed by atoms with Crippen LogP contribution >= 0.6 is 11.3 Å². The average molecular weight is 194 g/mol. The van der Waals surface area contributed by atoms with Crippen molar-refractivity contribution in [1.29, 1.82) is 0 Å². The summed E-state index contributed by atoms with van der Waals surface area (Å²) in [7, 11) is 0. The molecule has 0 radical (unpaired) electrons. The van der Waals surface area contributed by atoms with E-state index < -0.39 is 0 Å². The zero-order valence-electron chi connectivity index (χ0n) is 7.57. The molecule has 1 atom stereocenters. The molecule has 3 heteroatoms. The molecule has 1 unspecified atom stereocenters. The summed E-state index contributed by atoms with van der Waals surface area (Å²) in [5, 5.41) is 7.09. The van der Waals surface area contributed by atoms with Crippen LogP contribution in [0.5, 0.6) is 0 Å². The van der Waals surface area contributed by atoms with E-state index in [0.717, 1.165) is 12.0 Å². The van der Waals surface area contributed by atoms with Crippen molar-refractivity contribution in [3.05, 3.63) is 16.6 Å². The summed E-state index contributed by atoms with van der Waals surface area (Å²) in [5.41, 5.74) is 0. The van der Waals surface area contributed by atoms with Crippen LogP contribution in [0.15, 0.2) is 11.6 Å². The Labute approximate surface area is 82.4 Å². The Bertz CT molecular complexity index is 275. The number of thiazole rings is 1. The van der Waals surface area contributed by atoms with Gasteiger partial charge < -0.3 is 5.32 Å². The topological polar surface area (TPSA) is 24.9 Å². The van der Waals surface area contributed by atoms with Gasteiger partial charge in [0.15, 0.2) is 0 Å². The Kier molecular flexibility index (Phi) is 1.87. The van der Waals surface area contributed by atoms with Gasteiger partial charge in [0.2, 0.25) is 0 Å². The molecular weight excluding hydrogens is 180 g/mol. The van der Waals surface area contributed by atoms with Crippen LogP contribution in [-0.4, -0.2) is 11.0 Å². The molecule has 0 bridgehead atoms. The number of hydrogen-bond donors (Lipinski definition) is 1. The first kappa shape index (κ1) is 7.94. The molecule has 70 valence electrons. The lowest BCUT2D eigenvalue weighted by atomic mass is 10.2. The molecule has 3 rings (SSSR count). The summed E-state index contributed by atoms with van der Waals surface area (Å²) in [6, 6.07) is 1.38. The monoisotopic (exact) mass is 194 g/mol. The van der Waals surface area contributed by atoms with Gasteiger partial charge in [-0.15, -0.1) is 11.3 Å². The summed E-state index contributed by atoms with van der Waals surface area (Å²) in [6.45, 7) is 0. The lowest BCUT2D eigenvalue weighted by Gasteiger charge is -2.14. The fourth-order valence-electron chi connectivity index (χ4n) is 1.73. The van der Waals surface area contributed by atoms with E-state index in [1.54, 1.807) is 11.3 Å². The van der Waals surface area contributed by atoms with Crippen molar-refractivity contribution in [2.45, 2.75) is 37.8 Å². The van der Waals surface area contributed by atoms with Crippen molar-refractivity contribution in [2.75, 3.05) is 0 Å². The highest BCUT2D eigenvalue weighted by molar-refractivity contribution is 7.09. The molecular formula is C10H14N2S. The Morgan fingerprint density at radius 2 is 2.23 bits per heavy atom. The van der Waals surface area contributed by atoms with Gasteiger partial charge in [0, 0.05) is 17.6 Å².